The molecule has 4 nitrogen and oxygen atoms in total. The molecule has 0 radical (unpaired) electrons. The zero-order valence-corrected chi connectivity index (χ0v) is 12.7. The Labute approximate surface area is 121 Å². The number of amides is 1. The third-order valence-electron chi connectivity index (χ3n) is 5.07. The number of carbonyl (C=O) groups is 2. The molecule has 1 amide bonds. The van der Waals surface area contributed by atoms with E-state index in [9.17, 15) is 14.7 Å². The molecule has 0 aromatic heterocycles. The molecule has 0 aliphatic heterocycles. The molecule has 2 fully saturated rings. The zero-order valence-electron chi connectivity index (χ0n) is 12.7. The van der Waals surface area contributed by atoms with Gasteiger partial charge < -0.3 is 10.0 Å². The van der Waals surface area contributed by atoms with Crippen molar-refractivity contribution in [3.63, 3.8) is 0 Å². The lowest BCUT2D eigenvalue weighted by Crippen LogP contribution is -2.39. The van der Waals surface area contributed by atoms with Gasteiger partial charge in [0.05, 0.1) is 11.8 Å². The second kappa shape index (κ2) is 6.59. The largest absolute Gasteiger partial charge is 0.481 e. The third kappa shape index (κ3) is 3.53. The van der Waals surface area contributed by atoms with E-state index in [0.29, 0.717) is 18.3 Å². The summed E-state index contributed by atoms with van der Waals surface area (Å²) in [6.45, 7) is 2.85. The van der Waals surface area contributed by atoms with E-state index in [1.54, 1.807) is 4.90 Å². The van der Waals surface area contributed by atoms with Gasteiger partial charge in [-0.2, -0.15) is 0 Å². The van der Waals surface area contributed by atoms with Gasteiger partial charge in [-0.15, -0.1) is 0 Å². The molecule has 2 rings (SSSR count). The summed E-state index contributed by atoms with van der Waals surface area (Å²) in [7, 11) is 1.85. The highest BCUT2D eigenvalue weighted by Crippen LogP contribution is 2.37. The molecule has 0 spiro atoms. The Hall–Kier alpha value is -1.06. The van der Waals surface area contributed by atoms with E-state index in [0.717, 1.165) is 13.0 Å². The van der Waals surface area contributed by atoms with E-state index in [1.807, 2.05) is 14.0 Å². The Morgan fingerprint density at radius 1 is 1.10 bits per heavy atom. The molecule has 4 heteroatoms. The Morgan fingerprint density at radius 3 is 2.30 bits per heavy atom. The minimum Gasteiger partial charge on any atom is -0.481 e. The summed E-state index contributed by atoms with van der Waals surface area (Å²) in [4.78, 5) is 25.6. The van der Waals surface area contributed by atoms with Crippen molar-refractivity contribution in [1.29, 1.82) is 0 Å². The van der Waals surface area contributed by atoms with Crippen LogP contribution in [0.3, 0.4) is 0 Å². The van der Waals surface area contributed by atoms with E-state index in [2.05, 4.69) is 0 Å². The fraction of sp³-hybridized carbons (Fsp3) is 0.875. The minimum absolute atomic E-state index is 0.0484. The zero-order chi connectivity index (χ0) is 14.7. The molecule has 2 saturated carbocycles. The Balaban J connectivity index is 1.93. The van der Waals surface area contributed by atoms with Gasteiger partial charge in [-0.05, 0) is 37.5 Å². The van der Waals surface area contributed by atoms with Crippen LogP contribution in [0.25, 0.3) is 0 Å². The molecule has 2 aliphatic rings. The van der Waals surface area contributed by atoms with E-state index < -0.39 is 11.9 Å². The molecular formula is C16H27NO3. The van der Waals surface area contributed by atoms with Crippen molar-refractivity contribution in [3.8, 4) is 0 Å². The number of aliphatic carboxylic acids is 1. The van der Waals surface area contributed by atoms with Gasteiger partial charge in [-0.3, -0.25) is 9.59 Å². The molecule has 114 valence electrons. The van der Waals surface area contributed by atoms with E-state index in [1.165, 1.54) is 32.1 Å². The van der Waals surface area contributed by atoms with Gasteiger partial charge in [-0.1, -0.05) is 26.2 Å². The molecule has 0 heterocycles. The summed E-state index contributed by atoms with van der Waals surface area (Å²) in [5.41, 5.74) is 0. The molecule has 0 saturated heterocycles. The van der Waals surface area contributed by atoms with E-state index in [4.69, 9.17) is 0 Å². The number of carbonyl (C=O) groups excluding carboxylic acids is 1. The molecule has 0 aromatic carbocycles. The van der Waals surface area contributed by atoms with Crippen LogP contribution in [0.1, 0.15) is 51.9 Å². The first-order chi connectivity index (χ1) is 9.49. The Kier molecular flexibility index (Phi) is 5.06. The van der Waals surface area contributed by atoms with Crippen LogP contribution in [0.2, 0.25) is 0 Å². The smallest absolute Gasteiger partial charge is 0.307 e. The van der Waals surface area contributed by atoms with Gasteiger partial charge in [-0.25, -0.2) is 0 Å². The average molecular weight is 281 g/mol. The van der Waals surface area contributed by atoms with Crippen molar-refractivity contribution in [3.05, 3.63) is 0 Å². The molecule has 3 atom stereocenters. The molecule has 1 unspecified atom stereocenters. The van der Waals surface area contributed by atoms with Gasteiger partial charge in [0.25, 0.3) is 0 Å². The van der Waals surface area contributed by atoms with E-state index >= 15 is 0 Å². The van der Waals surface area contributed by atoms with Crippen LogP contribution < -0.4 is 0 Å². The Morgan fingerprint density at radius 2 is 1.70 bits per heavy atom. The van der Waals surface area contributed by atoms with Gasteiger partial charge in [0, 0.05) is 13.6 Å². The van der Waals surface area contributed by atoms with Crippen LogP contribution in [0.15, 0.2) is 0 Å². The van der Waals surface area contributed by atoms with Crippen LogP contribution in [0, 0.1) is 23.7 Å². The number of rotatable bonds is 4. The second-order valence-electron chi connectivity index (χ2n) is 6.85. The van der Waals surface area contributed by atoms with Crippen molar-refractivity contribution in [1.82, 2.24) is 4.90 Å². The molecular weight excluding hydrogens is 254 g/mol. The SMILES string of the molecule is CC1C[C@H](C(=O)N(C)CC2CCCCC2)[C@H](C(=O)O)C1. The lowest BCUT2D eigenvalue weighted by molar-refractivity contribution is -0.148. The van der Waals surface area contributed by atoms with Crippen LogP contribution in [0.4, 0.5) is 0 Å². The summed E-state index contributed by atoms with van der Waals surface area (Å²) in [5, 5.41) is 9.28. The number of nitrogens with zero attached hydrogens (tertiary/aromatic N) is 1. The van der Waals surface area contributed by atoms with Gasteiger partial charge >= 0.3 is 5.97 Å². The number of hydrogen-bond donors (Lipinski definition) is 1. The van der Waals surface area contributed by atoms with Gasteiger partial charge in [0.1, 0.15) is 0 Å². The molecule has 2 aliphatic carbocycles. The number of carboxylic acids is 1. The summed E-state index contributed by atoms with van der Waals surface area (Å²) in [5.74, 6) is -0.596. The highest BCUT2D eigenvalue weighted by molar-refractivity contribution is 5.85. The van der Waals surface area contributed by atoms with Crippen LogP contribution >= 0.6 is 0 Å². The Bertz CT molecular complexity index is 363. The van der Waals surface area contributed by atoms with Crippen LogP contribution in [-0.4, -0.2) is 35.5 Å². The predicted molar refractivity (Wildman–Crippen MR) is 77.2 cm³/mol. The van der Waals surface area contributed by atoms with Crippen molar-refractivity contribution in [2.45, 2.75) is 51.9 Å². The average Bonchev–Trinajstić information content (AvgIpc) is 2.81. The maximum Gasteiger partial charge on any atom is 0.307 e. The van der Waals surface area contributed by atoms with Crippen molar-refractivity contribution in [2.75, 3.05) is 13.6 Å². The van der Waals surface area contributed by atoms with Crippen LogP contribution in [0.5, 0.6) is 0 Å². The van der Waals surface area contributed by atoms with Crippen molar-refractivity contribution >= 4 is 11.9 Å². The topological polar surface area (TPSA) is 57.6 Å². The maximum absolute atomic E-state index is 12.5. The van der Waals surface area contributed by atoms with Crippen LogP contribution in [-0.2, 0) is 9.59 Å². The van der Waals surface area contributed by atoms with E-state index in [-0.39, 0.29) is 11.8 Å². The summed E-state index contributed by atoms with van der Waals surface area (Å²) in [6, 6.07) is 0. The highest BCUT2D eigenvalue weighted by atomic mass is 16.4. The predicted octanol–water partition coefficient (Wildman–Crippen LogP) is 2.77. The molecule has 0 bridgehead atoms. The minimum atomic E-state index is -0.807. The van der Waals surface area contributed by atoms with Gasteiger partial charge in [0.2, 0.25) is 5.91 Å². The number of hydrogen-bond acceptors (Lipinski definition) is 2. The highest BCUT2D eigenvalue weighted by Gasteiger charge is 2.42. The number of carboxylic acid groups (broad SMARTS) is 1. The monoisotopic (exact) mass is 281 g/mol. The summed E-state index contributed by atoms with van der Waals surface area (Å²) < 4.78 is 0. The maximum atomic E-state index is 12.5. The second-order valence-corrected chi connectivity index (χ2v) is 6.85. The first-order valence-corrected chi connectivity index (χ1v) is 7.96. The first kappa shape index (κ1) is 15.3. The fourth-order valence-electron chi connectivity index (χ4n) is 3.97. The lowest BCUT2D eigenvalue weighted by atomic mass is 9.88. The quantitative estimate of drug-likeness (QED) is 0.862. The third-order valence-corrected chi connectivity index (χ3v) is 5.07. The standard InChI is InChI=1S/C16H27NO3/c1-11-8-13(14(9-11)16(19)20)15(18)17(2)10-12-6-4-3-5-7-12/h11-14H,3-10H2,1-2H3,(H,19,20)/t11?,13-,14+/m0/s1. The first-order valence-electron chi connectivity index (χ1n) is 7.96. The fourth-order valence-corrected chi connectivity index (χ4v) is 3.97. The molecule has 1 N–H and O–H groups in total. The summed E-state index contributed by atoms with van der Waals surface area (Å²) >= 11 is 0. The summed E-state index contributed by atoms with van der Waals surface area (Å²) in [6.07, 6.45) is 7.64. The lowest BCUT2D eigenvalue weighted by Gasteiger charge is -2.29. The normalized spacial score (nSPS) is 31.2. The van der Waals surface area contributed by atoms with Crippen molar-refractivity contribution in [2.24, 2.45) is 23.7 Å². The van der Waals surface area contributed by atoms with Gasteiger partial charge in [0.15, 0.2) is 0 Å². The van der Waals surface area contributed by atoms with Crippen molar-refractivity contribution < 1.29 is 14.7 Å². The molecule has 20 heavy (non-hydrogen) atoms. The molecule has 0 aromatic rings.